The Balaban J connectivity index is 4.67. The van der Waals surface area contributed by atoms with E-state index in [0.29, 0.717) is 0 Å². The van der Waals surface area contributed by atoms with Crippen molar-refractivity contribution in [1.29, 1.82) is 0 Å². The molecule has 0 aromatic carbocycles. The van der Waals surface area contributed by atoms with Crippen molar-refractivity contribution in [1.82, 2.24) is 0 Å². The quantitative estimate of drug-likeness (QED) is 0.653. The monoisotopic (exact) mass is 202 g/mol. The molecule has 4 nitrogen and oxygen atoms in total. The zero-order chi connectivity index (χ0) is 11.6. The molecule has 0 radical (unpaired) electrons. The Morgan fingerprint density at radius 2 is 1.00 bits per heavy atom. The van der Waals surface area contributed by atoms with Crippen molar-refractivity contribution in [2.24, 2.45) is 0 Å². The summed E-state index contributed by atoms with van der Waals surface area (Å²) in [7, 11) is 0. The van der Waals surface area contributed by atoms with Crippen LogP contribution in [0.15, 0.2) is 0 Å². The minimum Gasteiger partial charge on any atom is -0.456 e. The summed E-state index contributed by atoms with van der Waals surface area (Å²) in [5.41, 5.74) is -1.69. The molecule has 0 aliphatic heterocycles. The first-order valence-electron chi connectivity index (χ1n) is 4.47. The zero-order valence-electron chi connectivity index (χ0n) is 9.63. The van der Waals surface area contributed by atoms with Gasteiger partial charge >= 0.3 is 11.9 Å². The largest absolute Gasteiger partial charge is 0.456 e. The van der Waals surface area contributed by atoms with Crippen LogP contribution in [-0.4, -0.2) is 23.1 Å². The summed E-state index contributed by atoms with van der Waals surface area (Å²) in [6.07, 6.45) is 0. The Kier molecular flexibility index (Phi) is 3.68. The Labute approximate surface area is 84.6 Å². The van der Waals surface area contributed by atoms with E-state index in [2.05, 4.69) is 0 Å². The lowest BCUT2D eigenvalue weighted by Gasteiger charge is -2.39. The van der Waals surface area contributed by atoms with Crippen LogP contribution in [0.4, 0.5) is 0 Å². The molecule has 82 valence electrons. The fourth-order valence-corrected chi connectivity index (χ4v) is 0.964. The lowest BCUT2D eigenvalue weighted by atomic mass is 9.89. The van der Waals surface area contributed by atoms with Gasteiger partial charge in [0.05, 0.1) is 0 Å². The molecular weight excluding hydrogens is 184 g/mol. The minimum atomic E-state index is -0.843. The third-order valence-electron chi connectivity index (χ3n) is 2.25. The number of carbonyl (C=O) groups excluding carboxylic acids is 2. The molecule has 0 amide bonds. The van der Waals surface area contributed by atoms with E-state index in [4.69, 9.17) is 9.47 Å². The van der Waals surface area contributed by atoms with Gasteiger partial charge in [-0.2, -0.15) is 0 Å². The highest BCUT2D eigenvalue weighted by Gasteiger charge is 2.42. The van der Waals surface area contributed by atoms with Crippen molar-refractivity contribution in [2.75, 3.05) is 0 Å². The lowest BCUT2D eigenvalue weighted by molar-refractivity contribution is -0.196. The Bertz CT molecular complexity index is 215. The average Bonchev–Trinajstić information content (AvgIpc) is 1.78. The van der Waals surface area contributed by atoms with Gasteiger partial charge in [-0.05, 0) is 27.7 Å². The summed E-state index contributed by atoms with van der Waals surface area (Å²) in [5.74, 6) is -0.787. The van der Waals surface area contributed by atoms with Crippen LogP contribution in [0.1, 0.15) is 41.5 Å². The second-order valence-electron chi connectivity index (χ2n) is 4.21. The number of hydrogen-bond acceptors (Lipinski definition) is 4. The van der Waals surface area contributed by atoms with E-state index in [1.54, 1.807) is 27.7 Å². The summed E-state index contributed by atoms with van der Waals surface area (Å²) in [5, 5.41) is 0. The van der Waals surface area contributed by atoms with Crippen LogP contribution in [0, 0.1) is 0 Å². The summed E-state index contributed by atoms with van der Waals surface area (Å²) in [6, 6.07) is 0. The highest BCUT2D eigenvalue weighted by Crippen LogP contribution is 2.29. The molecule has 0 fully saturated rings. The van der Waals surface area contributed by atoms with Gasteiger partial charge in [0.15, 0.2) is 0 Å². The van der Waals surface area contributed by atoms with Gasteiger partial charge < -0.3 is 9.47 Å². The maximum absolute atomic E-state index is 10.8. The third-order valence-corrected chi connectivity index (χ3v) is 2.25. The van der Waals surface area contributed by atoms with Gasteiger partial charge in [-0.25, -0.2) is 0 Å². The molecule has 0 saturated carbocycles. The van der Waals surface area contributed by atoms with Crippen molar-refractivity contribution < 1.29 is 19.1 Å². The maximum atomic E-state index is 10.8. The molecule has 0 saturated heterocycles. The van der Waals surface area contributed by atoms with Gasteiger partial charge in [-0.3, -0.25) is 9.59 Å². The fraction of sp³-hybridized carbons (Fsp3) is 0.800. The third kappa shape index (κ3) is 3.36. The van der Waals surface area contributed by atoms with Gasteiger partial charge in [0.1, 0.15) is 11.2 Å². The van der Waals surface area contributed by atoms with E-state index < -0.39 is 23.1 Å². The normalized spacial score (nSPS) is 12.1. The predicted molar refractivity (Wildman–Crippen MR) is 51.7 cm³/mol. The predicted octanol–water partition coefficient (Wildman–Crippen LogP) is 1.67. The second kappa shape index (κ2) is 3.98. The average molecular weight is 202 g/mol. The molecule has 0 rings (SSSR count). The molecule has 0 atom stereocenters. The van der Waals surface area contributed by atoms with E-state index in [0.717, 1.165) is 0 Å². The van der Waals surface area contributed by atoms with Crippen molar-refractivity contribution in [3.05, 3.63) is 0 Å². The van der Waals surface area contributed by atoms with Gasteiger partial charge in [0, 0.05) is 13.8 Å². The van der Waals surface area contributed by atoms with E-state index in [1.807, 2.05) is 0 Å². The van der Waals surface area contributed by atoms with Crippen molar-refractivity contribution >= 4 is 11.9 Å². The summed E-state index contributed by atoms with van der Waals surface area (Å²) < 4.78 is 10.2. The number of carbonyl (C=O) groups is 2. The van der Waals surface area contributed by atoms with Crippen molar-refractivity contribution in [2.45, 2.75) is 52.7 Å². The molecule has 0 spiro atoms. The van der Waals surface area contributed by atoms with Gasteiger partial charge in [-0.15, -0.1) is 0 Å². The van der Waals surface area contributed by atoms with Crippen molar-refractivity contribution in [3.63, 3.8) is 0 Å². The summed E-state index contributed by atoms with van der Waals surface area (Å²) in [4.78, 5) is 21.7. The SMILES string of the molecule is CC(=O)OC(C)(C)C(C)(C)OC(C)=O. The standard InChI is InChI=1S/C10H18O4/c1-7(11)13-9(3,4)10(5,6)14-8(2)12/h1-6H3. The summed E-state index contributed by atoms with van der Waals surface area (Å²) >= 11 is 0. The van der Waals surface area contributed by atoms with Gasteiger partial charge in [-0.1, -0.05) is 0 Å². The topological polar surface area (TPSA) is 52.6 Å². The molecule has 0 heterocycles. The van der Waals surface area contributed by atoms with Crippen molar-refractivity contribution in [3.8, 4) is 0 Å². The smallest absolute Gasteiger partial charge is 0.303 e. The molecule has 0 aliphatic rings. The number of hydrogen-bond donors (Lipinski definition) is 0. The van der Waals surface area contributed by atoms with Crippen LogP contribution in [-0.2, 0) is 19.1 Å². The molecular formula is C10H18O4. The molecule has 0 aromatic rings. The van der Waals surface area contributed by atoms with Crippen LogP contribution < -0.4 is 0 Å². The zero-order valence-corrected chi connectivity index (χ0v) is 9.63. The Morgan fingerprint density at radius 1 is 0.786 bits per heavy atom. The molecule has 0 unspecified atom stereocenters. The van der Waals surface area contributed by atoms with E-state index in [1.165, 1.54) is 13.8 Å². The Morgan fingerprint density at radius 3 is 1.14 bits per heavy atom. The Hall–Kier alpha value is -1.06. The van der Waals surface area contributed by atoms with Crippen LogP contribution in [0.3, 0.4) is 0 Å². The van der Waals surface area contributed by atoms with Crippen LogP contribution >= 0.6 is 0 Å². The van der Waals surface area contributed by atoms with Gasteiger partial charge in [0.2, 0.25) is 0 Å². The van der Waals surface area contributed by atoms with Crippen LogP contribution in [0.5, 0.6) is 0 Å². The molecule has 0 aliphatic carbocycles. The highest BCUT2D eigenvalue weighted by molar-refractivity contribution is 5.68. The molecule has 4 heteroatoms. The lowest BCUT2D eigenvalue weighted by Crippen LogP contribution is -2.51. The van der Waals surface area contributed by atoms with E-state index in [-0.39, 0.29) is 0 Å². The van der Waals surface area contributed by atoms with Crippen LogP contribution in [0.25, 0.3) is 0 Å². The van der Waals surface area contributed by atoms with Crippen LogP contribution in [0.2, 0.25) is 0 Å². The number of ether oxygens (including phenoxy) is 2. The first-order chi connectivity index (χ1) is 6.08. The first-order valence-corrected chi connectivity index (χ1v) is 4.47. The summed E-state index contributed by atoms with van der Waals surface area (Å²) in [6.45, 7) is 9.47. The molecule has 0 bridgehead atoms. The molecule has 14 heavy (non-hydrogen) atoms. The molecule has 0 aromatic heterocycles. The minimum absolute atomic E-state index is 0.393. The fourth-order valence-electron chi connectivity index (χ4n) is 0.964. The second-order valence-corrected chi connectivity index (χ2v) is 4.21. The molecule has 0 N–H and O–H groups in total. The number of esters is 2. The first kappa shape index (κ1) is 12.9. The van der Waals surface area contributed by atoms with Gasteiger partial charge in [0.25, 0.3) is 0 Å². The van der Waals surface area contributed by atoms with E-state index in [9.17, 15) is 9.59 Å². The maximum Gasteiger partial charge on any atom is 0.303 e. The highest BCUT2D eigenvalue weighted by atomic mass is 16.6. The van der Waals surface area contributed by atoms with E-state index >= 15 is 0 Å². The number of rotatable bonds is 3.